The number of nitrogens with zero attached hydrogens (tertiary/aromatic N) is 2. The van der Waals surface area contributed by atoms with E-state index in [-0.39, 0.29) is 4.87 Å². The molecule has 1 heterocycles. The Hall–Kier alpha value is -1.12. The summed E-state index contributed by atoms with van der Waals surface area (Å²) in [5.74, 6) is 0. The van der Waals surface area contributed by atoms with E-state index in [0.717, 1.165) is 26.0 Å². The Bertz CT molecular complexity index is 608. The van der Waals surface area contributed by atoms with Gasteiger partial charge in [0.1, 0.15) is 6.04 Å². The number of halogens is 1. The fraction of sp³-hybridized carbons (Fsp3) is 0.200. The van der Waals surface area contributed by atoms with Crippen molar-refractivity contribution in [3.8, 4) is 6.07 Å². The van der Waals surface area contributed by atoms with Gasteiger partial charge in [-0.3, -0.25) is 9.36 Å². The van der Waals surface area contributed by atoms with Crippen molar-refractivity contribution in [2.24, 2.45) is 0 Å². The highest BCUT2D eigenvalue weighted by Crippen LogP contribution is 2.23. The van der Waals surface area contributed by atoms with Crippen LogP contribution in [0.1, 0.15) is 13.0 Å². The number of nitriles is 1. The molecule has 0 aliphatic heterocycles. The van der Waals surface area contributed by atoms with Crippen molar-refractivity contribution in [3.63, 3.8) is 0 Å². The van der Waals surface area contributed by atoms with Gasteiger partial charge in [-0.05, 0) is 25.1 Å². The lowest BCUT2D eigenvalue weighted by atomic mass is 10.3. The van der Waals surface area contributed by atoms with E-state index in [2.05, 4.69) is 22.0 Å². The maximum absolute atomic E-state index is 11.7. The second-order valence-electron chi connectivity index (χ2n) is 3.16. The van der Waals surface area contributed by atoms with E-state index in [9.17, 15) is 4.79 Å². The first-order valence-electron chi connectivity index (χ1n) is 4.33. The first-order valence-corrected chi connectivity index (χ1v) is 5.94. The van der Waals surface area contributed by atoms with Crippen molar-refractivity contribution in [3.05, 3.63) is 32.3 Å². The molecule has 0 aliphatic carbocycles. The normalized spacial score (nSPS) is 12.6. The molecule has 5 heteroatoms. The van der Waals surface area contributed by atoms with Gasteiger partial charge in [-0.2, -0.15) is 5.26 Å². The van der Waals surface area contributed by atoms with Gasteiger partial charge in [0.25, 0.3) is 0 Å². The minimum absolute atomic E-state index is 0.0860. The van der Waals surface area contributed by atoms with Crippen LogP contribution in [0.5, 0.6) is 0 Å². The highest BCUT2D eigenvalue weighted by Gasteiger charge is 2.12. The summed E-state index contributed by atoms with van der Waals surface area (Å²) < 4.78 is 3.36. The molecule has 0 aliphatic rings. The largest absolute Gasteiger partial charge is 0.309 e. The smallest absolute Gasteiger partial charge is 0.282 e. The van der Waals surface area contributed by atoms with Crippen molar-refractivity contribution < 1.29 is 0 Å². The lowest BCUT2D eigenvalue weighted by molar-refractivity contribution is 0.686. The van der Waals surface area contributed by atoms with Gasteiger partial charge >= 0.3 is 4.87 Å². The fourth-order valence-electron chi connectivity index (χ4n) is 1.43. The standard InChI is InChI=1S/C10H7BrN2OS/c1-6(5-12)13-8-3-2-7(11)4-9(8)15-10(13)14/h2-4,6H,1H3. The zero-order valence-electron chi connectivity index (χ0n) is 7.90. The average molecular weight is 283 g/mol. The molecule has 15 heavy (non-hydrogen) atoms. The van der Waals surface area contributed by atoms with Crippen LogP contribution in [0.3, 0.4) is 0 Å². The summed E-state index contributed by atoms with van der Waals surface area (Å²) in [5.41, 5.74) is 0.822. The third-order valence-electron chi connectivity index (χ3n) is 2.15. The second-order valence-corrected chi connectivity index (χ2v) is 5.06. The summed E-state index contributed by atoms with van der Waals surface area (Å²) in [6, 6.07) is 7.26. The molecule has 0 bridgehead atoms. The van der Waals surface area contributed by atoms with Gasteiger partial charge in [-0.1, -0.05) is 27.3 Å². The average Bonchev–Trinajstić information content (AvgIpc) is 2.52. The Morgan fingerprint density at radius 3 is 3.00 bits per heavy atom. The number of fused-ring (bicyclic) bond motifs is 1. The Kier molecular flexibility index (Phi) is 2.63. The van der Waals surface area contributed by atoms with Crippen molar-refractivity contribution in [2.45, 2.75) is 13.0 Å². The molecule has 0 N–H and O–H groups in total. The van der Waals surface area contributed by atoms with Gasteiger partial charge in [-0.15, -0.1) is 0 Å². The number of benzene rings is 1. The van der Waals surface area contributed by atoms with Crippen LogP contribution in [0.2, 0.25) is 0 Å². The molecule has 1 unspecified atom stereocenters. The molecule has 0 radical (unpaired) electrons. The third-order valence-corrected chi connectivity index (χ3v) is 3.56. The van der Waals surface area contributed by atoms with E-state index in [1.807, 2.05) is 18.2 Å². The van der Waals surface area contributed by atoms with E-state index in [1.54, 1.807) is 6.92 Å². The first-order chi connectivity index (χ1) is 7.13. The van der Waals surface area contributed by atoms with Gasteiger partial charge in [0.2, 0.25) is 0 Å². The monoisotopic (exact) mass is 282 g/mol. The van der Waals surface area contributed by atoms with E-state index in [4.69, 9.17) is 5.26 Å². The number of hydrogen-bond acceptors (Lipinski definition) is 3. The summed E-state index contributed by atoms with van der Waals surface area (Å²) in [7, 11) is 0. The van der Waals surface area contributed by atoms with E-state index >= 15 is 0 Å². The van der Waals surface area contributed by atoms with Crippen LogP contribution in [0.4, 0.5) is 0 Å². The summed E-state index contributed by atoms with van der Waals surface area (Å²) in [6.45, 7) is 1.72. The number of aromatic nitrogens is 1. The van der Waals surface area contributed by atoms with Crippen LogP contribution >= 0.6 is 27.3 Å². The minimum atomic E-state index is -0.424. The Morgan fingerprint density at radius 1 is 1.60 bits per heavy atom. The molecule has 2 rings (SSSR count). The van der Waals surface area contributed by atoms with Gasteiger partial charge in [0.05, 0.1) is 16.3 Å². The van der Waals surface area contributed by atoms with Gasteiger partial charge in [-0.25, -0.2) is 0 Å². The van der Waals surface area contributed by atoms with Crippen LogP contribution in [0.15, 0.2) is 27.5 Å². The predicted octanol–water partition coefficient (Wildman–Crippen LogP) is 2.91. The van der Waals surface area contributed by atoms with Gasteiger partial charge in [0, 0.05) is 4.47 Å². The zero-order valence-corrected chi connectivity index (χ0v) is 10.3. The van der Waals surface area contributed by atoms with E-state index in [1.165, 1.54) is 4.57 Å². The van der Waals surface area contributed by atoms with Crippen LogP contribution in [-0.4, -0.2) is 4.57 Å². The Balaban J connectivity index is 2.81. The highest BCUT2D eigenvalue weighted by atomic mass is 79.9. The van der Waals surface area contributed by atoms with E-state index < -0.39 is 6.04 Å². The van der Waals surface area contributed by atoms with Crippen molar-refractivity contribution in [1.82, 2.24) is 4.57 Å². The van der Waals surface area contributed by atoms with Crippen LogP contribution in [0, 0.1) is 11.3 Å². The van der Waals surface area contributed by atoms with Gasteiger partial charge < -0.3 is 0 Å². The summed E-state index contributed by atoms with van der Waals surface area (Å²) in [5, 5.41) is 8.83. The van der Waals surface area contributed by atoms with E-state index in [0.29, 0.717) is 0 Å². The first kappa shape index (κ1) is 10.4. The maximum atomic E-state index is 11.7. The molecular weight excluding hydrogens is 276 g/mol. The number of thiazole rings is 1. The predicted molar refractivity (Wildman–Crippen MR) is 64.1 cm³/mol. The van der Waals surface area contributed by atoms with Crippen LogP contribution < -0.4 is 4.87 Å². The summed E-state index contributed by atoms with van der Waals surface area (Å²) >= 11 is 4.51. The van der Waals surface area contributed by atoms with Crippen molar-refractivity contribution >= 4 is 37.5 Å². The highest BCUT2D eigenvalue weighted by molar-refractivity contribution is 9.10. The molecule has 1 aromatic heterocycles. The van der Waals surface area contributed by atoms with Crippen LogP contribution in [-0.2, 0) is 0 Å². The lowest BCUT2D eigenvalue weighted by Gasteiger charge is -2.04. The summed E-state index contributed by atoms with van der Waals surface area (Å²) in [6.07, 6.45) is 0. The minimum Gasteiger partial charge on any atom is -0.282 e. The number of hydrogen-bond donors (Lipinski definition) is 0. The third kappa shape index (κ3) is 1.71. The zero-order chi connectivity index (χ0) is 11.0. The molecule has 76 valence electrons. The summed E-state index contributed by atoms with van der Waals surface area (Å²) in [4.78, 5) is 11.6. The van der Waals surface area contributed by atoms with Gasteiger partial charge in [0.15, 0.2) is 0 Å². The SMILES string of the molecule is CC(C#N)n1c(=O)sc2cc(Br)ccc21. The molecule has 3 nitrogen and oxygen atoms in total. The number of rotatable bonds is 1. The fourth-order valence-corrected chi connectivity index (χ4v) is 2.95. The molecular formula is C10H7BrN2OS. The Labute approximate surface area is 98.7 Å². The quantitative estimate of drug-likeness (QED) is 0.807. The Morgan fingerprint density at radius 2 is 2.33 bits per heavy atom. The van der Waals surface area contributed by atoms with Crippen molar-refractivity contribution in [1.29, 1.82) is 5.26 Å². The molecule has 0 fully saturated rings. The molecule has 0 amide bonds. The second kappa shape index (κ2) is 3.80. The van der Waals surface area contributed by atoms with Crippen LogP contribution in [0.25, 0.3) is 10.2 Å². The molecule has 0 saturated heterocycles. The molecule has 1 aromatic carbocycles. The molecule has 2 aromatic rings. The molecule has 0 spiro atoms. The maximum Gasteiger partial charge on any atom is 0.309 e. The van der Waals surface area contributed by atoms with Crippen molar-refractivity contribution in [2.75, 3.05) is 0 Å². The topological polar surface area (TPSA) is 45.8 Å². The lowest BCUT2D eigenvalue weighted by Crippen LogP contribution is -2.15. The molecule has 0 saturated carbocycles. The molecule has 1 atom stereocenters.